The Balaban J connectivity index is 1.39. The SMILES string of the molecule is c1ccc(-c2nnc(SCCc3nc4ccccc4o3)nc2-c2ccccc2)cc1. The number of rotatable bonds is 6. The maximum Gasteiger partial charge on any atom is 0.209 e. The minimum absolute atomic E-state index is 0.643. The fourth-order valence-electron chi connectivity index (χ4n) is 3.22. The second-order valence-electron chi connectivity index (χ2n) is 6.70. The summed E-state index contributed by atoms with van der Waals surface area (Å²) in [6.45, 7) is 0. The van der Waals surface area contributed by atoms with Gasteiger partial charge in [0.05, 0.1) is 0 Å². The minimum Gasteiger partial charge on any atom is -0.441 e. The molecule has 0 aliphatic carbocycles. The monoisotopic (exact) mass is 410 g/mol. The van der Waals surface area contributed by atoms with E-state index < -0.39 is 0 Å². The molecule has 0 aliphatic heterocycles. The van der Waals surface area contributed by atoms with Gasteiger partial charge < -0.3 is 4.42 Å². The van der Waals surface area contributed by atoms with E-state index in [2.05, 4.69) is 15.2 Å². The van der Waals surface area contributed by atoms with E-state index >= 15 is 0 Å². The number of aromatic nitrogens is 4. The molecular formula is C24H18N4OS. The Hall–Kier alpha value is -3.51. The second kappa shape index (κ2) is 8.47. The van der Waals surface area contributed by atoms with Crippen LogP contribution in [0.15, 0.2) is 94.5 Å². The molecular weight excluding hydrogens is 392 g/mol. The van der Waals surface area contributed by atoms with E-state index in [1.807, 2.05) is 84.9 Å². The molecule has 30 heavy (non-hydrogen) atoms. The molecule has 5 nitrogen and oxygen atoms in total. The second-order valence-corrected chi connectivity index (χ2v) is 7.76. The molecule has 0 amide bonds. The molecule has 6 heteroatoms. The van der Waals surface area contributed by atoms with E-state index in [-0.39, 0.29) is 0 Å². The number of benzene rings is 3. The maximum absolute atomic E-state index is 5.80. The summed E-state index contributed by atoms with van der Waals surface area (Å²) in [4.78, 5) is 9.36. The van der Waals surface area contributed by atoms with E-state index in [0.717, 1.165) is 45.3 Å². The van der Waals surface area contributed by atoms with Gasteiger partial charge in [-0.05, 0) is 12.1 Å². The Labute approximate surface area is 178 Å². The van der Waals surface area contributed by atoms with Crippen molar-refractivity contribution in [2.75, 3.05) is 5.75 Å². The number of hydrogen-bond donors (Lipinski definition) is 0. The van der Waals surface area contributed by atoms with Crippen molar-refractivity contribution in [2.45, 2.75) is 11.6 Å². The van der Waals surface area contributed by atoms with Crippen molar-refractivity contribution >= 4 is 22.9 Å². The normalized spacial score (nSPS) is 11.1. The zero-order valence-corrected chi connectivity index (χ0v) is 16.9. The van der Waals surface area contributed by atoms with Crippen LogP contribution in [0.2, 0.25) is 0 Å². The van der Waals surface area contributed by atoms with Crippen LogP contribution in [0.5, 0.6) is 0 Å². The van der Waals surface area contributed by atoms with Gasteiger partial charge in [-0.15, -0.1) is 10.2 Å². The smallest absolute Gasteiger partial charge is 0.209 e. The van der Waals surface area contributed by atoms with Gasteiger partial charge in [0.25, 0.3) is 0 Å². The lowest BCUT2D eigenvalue weighted by Crippen LogP contribution is -2.00. The Kier molecular flexibility index (Phi) is 5.23. The van der Waals surface area contributed by atoms with Crippen LogP contribution >= 0.6 is 11.8 Å². The van der Waals surface area contributed by atoms with Crippen molar-refractivity contribution in [1.82, 2.24) is 20.2 Å². The lowest BCUT2D eigenvalue weighted by atomic mass is 10.0. The third-order valence-electron chi connectivity index (χ3n) is 4.65. The number of oxazole rings is 1. The van der Waals surface area contributed by atoms with E-state index in [9.17, 15) is 0 Å². The van der Waals surface area contributed by atoms with Gasteiger partial charge in [0.1, 0.15) is 16.9 Å². The molecule has 0 radical (unpaired) electrons. The molecule has 146 valence electrons. The first-order valence-electron chi connectivity index (χ1n) is 9.69. The van der Waals surface area contributed by atoms with Crippen molar-refractivity contribution in [3.8, 4) is 22.5 Å². The maximum atomic E-state index is 5.80. The van der Waals surface area contributed by atoms with Crippen LogP contribution in [0.4, 0.5) is 0 Å². The highest BCUT2D eigenvalue weighted by atomic mass is 32.2. The number of para-hydroxylation sites is 2. The third kappa shape index (κ3) is 3.95. The first-order chi connectivity index (χ1) is 14.9. The Morgan fingerprint density at radius 1 is 0.667 bits per heavy atom. The van der Waals surface area contributed by atoms with Gasteiger partial charge in [-0.25, -0.2) is 9.97 Å². The van der Waals surface area contributed by atoms with E-state index in [1.54, 1.807) is 11.8 Å². The number of nitrogens with zero attached hydrogens (tertiary/aromatic N) is 4. The first-order valence-corrected chi connectivity index (χ1v) is 10.7. The fraction of sp³-hybridized carbons (Fsp3) is 0.0833. The topological polar surface area (TPSA) is 64.7 Å². The molecule has 2 heterocycles. The summed E-state index contributed by atoms with van der Waals surface area (Å²) >= 11 is 1.55. The molecule has 2 aromatic heterocycles. The van der Waals surface area contributed by atoms with E-state index in [4.69, 9.17) is 9.40 Å². The molecule has 0 bridgehead atoms. The van der Waals surface area contributed by atoms with Crippen molar-refractivity contribution in [3.63, 3.8) is 0 Å². The van der Waals surface area contributed by atoms with E-state index in [0.29, 0.717) is 11.6 Å². The molecule has 0 spiro atoms. The van der Waals surface area contributed by atoms with Crippen LogP contribution in [0.1, 0.15) is 5.89 Å². The number of hydrogen-bond acceptors (Lipinski definition) is 6. The van der Waals surface area contributed by atoms with Crippen LogP contribution in [0, 0.1) is 0 Å². The Morgan fingerprint density at radius 3 is 2.07 bits per heavy atom. The summed E-state index contributed by atoms with van der Waals surface area (Å²) in [6.07, 6.45) is 0.698. The molecule has 5 aromatic rings. The highest BCUT2D eigenvalue weighted by molar-refractivity contribution is 7.99. The quantitative estimate of drug-likeness (QED) is 0.336. The lowest BCUT2D eigenvalue weighted by molar-refractivity contribution is 0.539. The number of aryl methyl sites for hydroxylation is 1. The van der Waals surface area contributed by atoms with Crippen LogP contribution in [-0.4, -0.2) is 25.9 Å². The molecule has 0 aliphatic rings. The van der Waals surface area contributed by atoms with Crippen molar-refractivity contribution in [1.29, 1.82) is 0 Å². The summed E-state index contributed by atoms with van der Waals surface area (Å²) in [5.74, 6) is 1.48. The molecule has 5 rings (SSSR count). The third-order valence-corrected chi connectivity index (χ3v) is 5.49. The van der Waals surface area contributed by atoms with Gasteiger partial charge in [-0.1, -0.05) is 84.6 Å². The molecule has 0 unspecified atom stereocenters. The minimum atomic E-state index is 0.643. The van der Waals surface area contributed by atoms with Crippen LogP contribution in [0.25, 0.3) is 33.6 Å². The largest absolute Gasteiger partial charge is 0.441 e. The van der Waals surface area contributed by atoms with Crippen molar-refractivity contribution in [2.24, 2.45) is 0 Å². The molecule has 0 atom stereocenters. The summed E-state index contributed by atoms with van der Waals surface area (Å²) < 4.78 is 5.80. The number of thioether (sulfide) groups is 1. The Bertz CT molecular complexity index is 1240. The average molecular weight is 411 g/mol. The van der Waals surface area contributed by atoms with Gasteiger partial charge in [0, 0.05) is 23.3 Å². The van der Waals surface area contributed by atoms with Crippen LogP contribution < -0.4 is 0 Å². The molecule has 0 fully saturated rings. The zero-order chi connectivity index (χ0) is 20.2. The molecule has 0 saturated carbocycles. The lowest BCUT2D eigenvalue weighted by Gasteiger charge is -2.09. The standard InChI is InChI=1S/C24H18N4OS/c1-3-9-17(10-4-1)22-23(18-11-5-2-6-12-18)27-28-24(26-22)30-16-15-21-25-19-13-7-8-14-20(19)29-21/h1-14H,15-16H2. The van der Waals surface area contributed by atoms with Crippen LogP contribution in [-0.2, 0) is 6.42 Å². The predicted octanol–water partition coefficient (Wildman–Crippen LogP) is 5.68. The van der Waals surface area contributed by atoms with Crippen molar-refractivity contribution in [3.05, 3.63) is 90.8 Å². The fourth-order valence-corrected chi connectivity index (χ4v) is 3.93. The molecule has 0 N–H and O–H groups in total. The van der Waals surface area contributed by atoms with Crippen LogP contribution in [0.3, 0.4) is 0 Å². The van der Waals surface area contributed by atoms with Gasteiger partial charge in [0.15, 0.2) is 11.5 Å². The van der Waals surface area contributed by atoms with Gasteiger partial charge in [-0.2, -0.15) is 0 Å². The summed E-state index contributed by atoms with van der Waals surface area (Å²) in [7, 11) is 0. The summed E-state index contributed by atoms with van der Waals surface area (Å²) in [6, 6.07) is 27.9. The average Bonchev–Trinajstić information content (AvgIpc) is 3.23. The predicted molar refractivity (Wildman–Crippen MR) is 119 cm³/mol. The van der Waals surface area contributed by atoms with Gasteiger partial charge in [0.2, 0.25) is 5.16 Å². The van der Waals surface area contributed by atoms with E-state index in [1.165, 1.54) is 0 Å². The van der Waals surface area contributed by atoms with Gasteiger partial charge >= 0.3 is 0 Å². The van der Waals surface area contributed by atoms with Gasteiger partial charge in [-0.3, -0.25) is 0 Å². The molecule has 3 aromatic carbocycles. The van der Waals surface area contributed by atoms with Crippen molar-refractivity contribution < 1.29 is 4.42 Å². The first kappa shape index (κ1) is 18.5. The highest BCUT2D eigenvalue weighted by Gasteiger charge is 2.14. The summed E-state index contributed by atoms with van der Waals surface area (Å²) in [5.41, 5.74) is 5.33. The Morgan fingerprint density at radius 2 is 1.33 bits per heavy atom. The summed E-state index contributed by atoms with van der Waals surface area (Å²) in [5, 5.41) is 9.52. The highest BCUT2D eigenvalue weighted by Crippen LogP contribution is 2.29. The number of fused-ring (bicyclic) bond motifs is 1. The zero-order valence-electron chi connectivity index (χ0n) is 16.1. The molecule has 0 saturated heterocycles.